The third-order valence-corrected chi connectivity index (χ3v) is 3.94. The van der Waals surface area contributed by atoms with Crippen molar-refractivity contribution in [2.45, 2.75) is 19.9 Å². The van der Waals surface area contributed by atoms with Crippen LogP contribution in [0.4, 0.5) is 11.4 Å². The number of amides is 1. The first kappa shape index (κ1) is 15.9. The van der Waals surface area contributed by atoms with Crippen molar-refractivity contribution in [3.63, 3.8) is 0 Å². The second-order valence-electron chi connectivity index (χ2n) is 4.57. The first-order valence-electron chi connectivity index (χ1n) is 6.66. The Morgan fingerprint density at radius 3 is 2.67 bits per heavy atom. The van der Waals surface area contributed by atoms with Crippen LogP contribution in [-0.4, -0.2) is 5.91 Å². The molecule has 0 heterocycles. The molecule has 0 saturated carbocycles. The molecule has 110 valence electrons. The van der Waals surface area contributed by atoms with Crippen molar-refractivity contribution in [3.05, 3.63) is 57.5 Å². The molecule has 0 aromatic heterocycles. The van der Waals surface area contributed by atoms with Crippen molar-refractivity contribution in [1.29, 1.82) is 0 Å². The molecule has 0 aliphatic carbocycles. The number of rotatable bonds is 5. The van der Waals surface area contributed by atoms with Gasteiger partial charge >= 0.3 is 0 Å². The Hall–Kier alpha value is -1.52. The van der Waals surface area contributed by atoms with Gasteiger partial charge in [-0.25, -0.2) is 0 Å². The average molecular weight is 368 g/mol. The average Bonchev–Trinajstić information content (AvgIpc) is 2.46. The van der Waals surface area contributed by atoms with Gasteiger partial charge in [-0.2, -0.15) is 0 Å². The van der Waals surface area contributed by atoms with E-state index in [2.05, 4.69) is 26.6 Å². The zero-order valence-corrected chi connectivity index (χ0v) is 14.0. The molecule has 0 atom stereocenters. The van der Waals surface area contributed by atoms with Gasteiger partial charge < -0.3 is 10.6 Å². The first-order chi connectivity index (χ1) is 10.1. The summed E-state index contributed by atoms with van der Waals surface area (Å²) >= 11 is 9.42. The fourth-order valence-corrected chi connectivity index (χ4v) is 2.64. The van der Waals surface area contributed by atoms with Gasteiger partial charge in [0.2, 0.25) is 5.91 Å². The van der Waals surface area contributed by atoms with Gasteiger partial charge in [-0.05, 0) is 35.9 Å². The molecule has 2 N–H and O–H groups in total. The lowest BCUT2D eigenvalue weighted by Crippen LogP contribution is -2.09. The minimum atomic E-state index is 0.00703. The van der Waals surface area contributed by atoms with E-state index < -0.39 is 0 Å². The van der Waals surface area contributed by atoms with Crippen LogP contribution >= 0.6 is 27.5 Å². The van der Waals surface area contributed by atoms with E-state index in [1.54, 1.807) is 0 Å². The second-order valence-corrected chi connectivity index (χ2v) is 5.86. The predicted octanol–water partition coefficient (Wildman–Crippen LogP) is 5.06. The molecule has 0 unspecified atom stereocenters. The number of hydrogen-bond acceptors (Lipinski definition) is 2. The minimum absolute atomic E-state index is 0.00703. The van der Waals surface area contributed by atoms with Crippen LogP contribution in [0.1, 0.15) is 18.9 Å². The van der Waals surface area contributed by atoms with Crippen molar-refractivity contribution >= 4 is 44.8 Å². The number of benzene rings is 2. The maximum absolute atomic E-state index is 11.4. The largest absolute Gasteiger partial charge is 0.381 e. The standard InChI is InChI=1S/C16H16BrClN2O/c1-2-16(21)20-14-5-3-4-13(9-14)19-10-11-6-7-12(18)8-15(11)17/h3-9,19H,2,10H2,1H3,(H,20,21). The van der Waals surface area contributed by atoms with Crippen LogP contribution in [0.2, 0.25) is 5.02 Å². The number of carbonyl (C=O) groups is 1. The van der Waals surface area contributed by atoms with Crippen LogP contribution in [-0.2, 0) is 11.3 Å². The highest BCUT2D eigenvalue weighted by Crippen LogP contribution is 2.23. The molecule has 0 saturated heterocycles. The van der Waals surface area contributed by atoms with Crippen LogP contribution in [0.15, 0.2) is 46.9 Å². The van der Waals surface area contributed by atoms with Crippen molar-refractivity contribution < 1.29 is 4.79 Å². The summed E-state index contributed by atoms with van der Waals surface area (Å²) in [6, 6.07) is 13.4. The monoisotopic (exact) mass is 366 g/mol. The molecule has 1 amide bonds. The maximum Gasteiger partial charge on any atom is 0.224 e. The number of hydrogen-bond donors (Lipinski definition) is 2. The van der Waals surface area contributed by atoms with E-state index in [1.807, 2.05) is 49.4 Å². The summed E-state index contributed by atoms with van der Waals surface area (Å²) in [6.07, 6.45) is 0.468. The van der Waals surface area contributed by atoms with E-state index in [0.29, 0.717) is 18.0 Å². The molecule has 0 bridgehead atoms. The zero-order chi connectivity index (χ0) is 15.2. The quantitative estimate of drug-likeness (QED) is 0.775. The molecule has 0 radical (unpaired) electrons. The van der Waals surface area contributed by atoms with Gasteiger partial charge in [0.05, 0.1) is 0 Å². The molecular formula is C16H16BrClN2O. The molecule has 21 heavy (non-hydrogen) atoms. The van der Waals surface area contributed by atoms with Crippen LogP contribution in [0.3, 0.4) is 0 Å². The van der Waals surface area contributed by atoms with E-state index in [4.69, 9.17) is 11.6 Å². The molecule has 0 aliphatic heterocycles. The highest BCUT2D eigenvalue weighted by atomic mass is 79.9. The number of nitrogens with one attached hydrogen (secondary N) is 2. The Kier molecular flexibility index (Phi) is 5.65. The minimum Gasteiger partial charge on any atom is -0.381 e. The normalized spacial score (nSPS) is 10.2. The fraction of sp³-hybridized carbons (Fsp3) is 0.188. The summed E-state index contributed by atoms with van der Waals surface area (Å²) in [7, 11) is 0. The van der Waals surface area contributed by atoms with Gasteiger partial charge in [0.15, 0.2) is 0 Å². The molecule has 0 aliphatic rings. The lowest BCUT2D eigenvalue weighted by atomic mass is 10.2. The zero-order valence-electron chi connectivity index (χ0n) is 11.6. The number of halogens is 2. The van der Waals surface area contributed by atoms with Crippen molar-refractivity contribution in [1.82, 2.24) is 0 Å². The molecule has 2 rings (SSSR count). The molecule has 5 heteroatoms. The van der Waals surface area contributed by atoms with Gasteiger partial charge in [-0.15, -0.1) is 0 Å². The summed E-state index contributed by atoms with van der Waals surface area (Å²) in [5.74, 6) is 0.00703. The number of carbonyl (C=O) groups excluding carboxylic acids is 1. The first-order valence-corrected chi connectivity index (χ1v) is 7.83. The summed E-state index contributed by atoms with van der Waals surface area (Å²) in [6.45, 7) is 2.50. The van der Waals surface area contributed by atoms with Gasteiger partial charge in [0.25, 0.3) is 0 Å². The molecule has 3 nitrogen and oxygen atoms in total. The predicted molar refractivity (Wildman–Crippen MR) is 91.8 cm³/mol. The lowest BCUT2D eigenvalue weighted by molar-refractivity contribution is -0.115. The van der Waals surface area contributed by atoms with Crippen LogP contribution in [0.25, 0.3) is 0 Å². The van der Waals surface area contributed by atoms with E-state index in [9.17, 15) is 4.79 Å². The Labute approximate surface area is 137 Å². The van der Waals surface area contributed by atoms with Crippen LogP contribution < -0.4 is 10.6 Å². The summed E-state index contributed by atoms with van der Waals surface area (Å²) in [5.41, 5.74) is 2.86. The molecule has 0 fully saturated rings. The third-order valence-electron chi connectivity index (χ3n) is 2.97. The van der Waals surface area contributed by atoms with Gasteiger partial charge in [-0.1, -0.05) is 46.6 Å². The second kappa shape index (κ2) is 7.48. The van der Waals surface area contributed by atoms with E-state index >= 15 is 0 Å². The molecule has 0 spiro atoms. The third kappa shape index (κ3) is 4.76. The lowest BCUT2D eigenvalue weighted by Gasteiger charge is -2.10. The SMILES string of the molecule is CCC(=O)Nc1cccc(NCc2ccc(Cl)cc2Br)c1. The van der Waals surface area contributed by atoms with Crippen molar-refractivity contribution in [2.75, 3.05) is 10.6 Å². The highest BCUT2D eigenvalue weighted by Gasteiger charge is 2.03. The van der Waals surface area contributed by atoms with Crippen LogP contribution in [0.5, 0.6) is 0 Å². The molecule has 2 aromatic rings. The Morgan fingerprint density at radius 1 is 1.19 bits per heavy atom. The van der Waals surface area contributed by atoms with E-state index in [0.717, 1.165) is 21.4 Å². The van der Waals surface area contributed by atoms with Gasteiger partial charge in [0.1, 0.15) is 0 Å². The van der Waals surface area contributed by atoms with Crippen LogP contribution in [0, 0.1) is 0 Å². The van der Waals surface area contributed by atoms with Gasteiger partial charge in [-0.3, -0.25) is 4.79 Å². The van der Waals surface area contributed by atoms with Gasteiger partial charge in [0, 0.05) is 33.8 Å². The summed E-state index contributed by atoms with van der Waals surface area (Å²) < 4.78 is 0.970. The summed E-state index contributed by atoms with van der Waals surface area (Å²) in [5, 5.41) is 6.88. The van der Waals surface area contributed by atoms with Crippen molar-refractivity contribution in [3.8, 4) is 0 Å². The Balaban J connectivity index is 2.03. The summed E-state index contributed by atoms with van der Waals surface area (Å²) in [4.78, 5) is 11.4. The fourth-order valence-electron chi connectivity index (χ4n) is 1.82. The number of anilines is 2. The topological polar surface area (TPSA) is 41.1 Å². The Morgan fingerprint density at radius 2 is 1.95 bits per heavy atom. The maximum atomic E-state index is 11.4. The molecular weight excluding hydrogens is 352 g/mol. The highest BCUT2D eigenvalue weighted by molar-refractivity contribution is 9.10. The van der Waals surface area contributed by atoms with E-state index in [-0.39, 0.29) is 5.91 Å². The molecule has 2 aromatic carbocycles. The smallest absolute Gasteiger partial charge is 0.224 e. The van der Waals surface area contributed by atoms with E-state index in [1.165, 1.54) is 0 Å². The Bertz CT molecular complexity index is 646. The van der Waals surface area contributed by atoms with Crippen molar-refractivity contribution in [2.24, 2.45) is 0 Å².